The van der Waals surface area contributed by atoms with Crippen LogP contribution >= 0.6 is 15.9 Å². The smallest absolute Gasteiger partial charge is 0.256 e. The predicted molar refractivity (Wildman–Crippen MR) is 73.2 cm³/mol. The van der Waals surface area contributed by atoms with Crippen LogP contribution in [0, 0.1) is 18.6 Å². The number of nitrogens with one attached hydrogen (secondary N) is 1. The minimum atomic E-state index is -0.496. The van der Waals surface area contributed by atoms with Gasteiger partial charge in [-0.05, 0) is 64.8 Å². The van der Waals surface area contributed by atoms with Gasteiger partial charge in [0.05, 0.1) is 5.56 Å². The van der Waals surface area contributed by atoms with E-state index in [1.807, 2.05) is 0 Å². The van der Waals surface area contributed by atoms with Crippen molar-refractivity contribution in [2.24, 2.45) is 0 Å². The number of benzene rings is 2. The van der Waals surface area contributed by atoms with Crippen molar-refractivity contribution in [2.75, 3.05) is 5.32 Å². The van der Waals surface area contributed by atoms with E-state index in [1.165, 1.54) is 30.3 Å². The number of hydrogen-bond donors (Lipinski definition) is 1. The second-order valence-corrected chi connectivity index (χ2v) is 4.89. The normalized spacial score (nSPS) is 10.3. The van der Waals surface area contributed by atoms with Crippen molar-refractivity contribution in [3.05, 3.63) is 63.6 Å². The molecule has 0 fully saturated rings. The van der Waals surface area contributed by atoms with Gasteiger partial charge in [0.15, 0.2) is 0 Å². The largest absolute Gasteiger partial charge is 0.322 e. The summed E-state index contributed by atoms with van der Waals surface area (Å²) in [6, 6.07) is 7.89. The highest BCUT2D eigenvalue weighted by molar-refractivity contribution is 9.10. The van der Waals surface area contributed by atoms with E-state index in [4.69, 9.17) is 0 Å². The lowest BCUT2D eigenvalue weighted by molar-refractivity contribution is 0.102. The summed E-state index contributed by atoms with van der Waals surface area (Å²) < 4.78 is 26.6. The number of anilines is 1. The van der Waals surface area contributed by atoms with Crippen LogP contribution in [0.15, 0.2) is 40.9 Å². The lowest BCUT2D eigenvalue weighted by Crippen LogP contribution is -2.13. The van der Waals surface area contributed by atoms with Gasteiger partial charge in [0.25, 0.3) is 5.91 Å². The summed E-state index contributed by atoms with van der Waals surface area (Å²) in [5.74, 6) is -1.33. The van der Waals surface area contributed by atoms with Crippen LogP contribution in [0.25, 0.3) is 0 Å². The van der Waals surface area contributed by atoms with Crippen molar-refractivity contribution in [3.63, 3.8) is 0 Å². The Kier molecular flexibility index (Phi) is 3.95. The fraction of sp³-hybridized carbons (Fsp3) is 0.0714. The molecule has 0 spiro atoms. The van der Waals surface area contributed by atoms with E-state index < -0.39 is 11.7 Å². The van der Waals surface area contributed by atoms with E-state index in [0.717, 1.165) is 6.07 Å². The quantitative estimate of drug-likeness (QED) is 0.876. The second-order valence-electron chi connectivity index (χ2n) is 4.04. The minimum Gasteiger partial charge on any atom is -0.322 e. The first kappa shape index (κ1) is 13.7. The summed E-state index contributed by atoms with van der Waals surface area (Å²) in [5.41, 5.74) is 1.27. The van der Waals surface area contributed by atoms with Crippen molar-refractivity contribution in [1.82, 2.24) is 0 Å². The van der Waals surface area contributed by atoms with Crippen LogP contribution in [-0.2, 0) is 0 Å². The third-order valence-electron chi connectivity index (χ3n) is 2.61. The number of rotatable bonds is 2. The average Bonchev–Trinajstić information content (AvgIpc) is 2.35. The molecule has 1 N–H and O–H groups in total. The SMILES string of the molecule is Cc1cc(F)ccc1NC(=O)c1cc(F)ccc1Br. The molecular formula is C14H10BrF2NO. The standard InChI is InChI=1S/C14H10BrF2NO/c1-8-6-9(16)3-5-13(8)18-14(19)11-7-10(17)2-4-12(11)15/h2-7H,1H3,(H,18,19). The van der Waals surface area contributed by atoms with Crippen LogP contribution in [-0.4, -0.2) is 5.91 Å². The first-order valence-electron chi connectivity index (χ1n) is 5.50. The monoisotopic (exact) mass is 325 g/mol. The molecule has 0 aliphatic carbocycles. The molecule has 2 aromatic carbocycles. The molecule has 2 aromatic rings. The molecule has 0 aliphatic rings. The molecule has 0 saturated heterocycles. The van der Waals surface area contributed by atoms with Crippen LogP contribution in [0.5, 0.6) is 0 Å². The van der Waals surface area contributed by atoms with Crippen molar-refractivity contribution in [3.8, 4) is 0 Å². The number of hydrogen-bond acceptors (Lipinski definition) is 1. The van der Waals surface area contributed by atoms with Crippen molar-refractivity contribution < 1.29 is 13.6 Å². The van der Waals surface area contributed by atoms with Crippen molar-refractivity contribution >= 4 is 27.5 Å². The summed E-state index contributed by atoms with van der Waals surface area (Å²) in [4.78, 5) is 12.0. The number of carbonyl (C=O) groups is 1. The fourth-order valence-corrected chi connectivity index (χ4v) is 2.06. The fourth-order valence-electron chi connectivity index (χ4n) is 1.63. The van der Waals surface area contributed by atoms with Gasteiger partial charge in [-0.3, -0.25) is 4.79 Å². The van der Waals surface area contributed by atoms with Gasteiger partial charge >= 0.3 is 0 Å². The van der Waals surface area contributed by atoms with Crippen LogP contribution in [0.4, 0.5) is 14.5 Å². The zero-order valence-electron chi connectivity index (χ0n) is 10.0. The number of halogens is 3. The number of carbonyl (C=O) groups excluding carboxylic acids is 1. The number of aryl methyl sites for hydroxylation is 1. The Balaban J connectivity index is 2.28. The molecule has 5 heteroatoms. The molecule has 0 saturated carbocycles. The van der Waals surface area contributed by atoms with Gasteiger partial charge in [-0.15, -0.1) is 0 Å². The summed E-state index contributed by atoms with van der Waals surface area (Å²) in [6.07, 6.45) is 0. The highest BCUT2D eigenvalue weighted by atomic mass is 79.9. The van der Waals surface area contributed by atoms with Crippen molar-refractivity contribution in [1.29, 1.82) is 0 Å². The van der Waals surface area contributed by atoms with Gasteiger partial charge in [-0.1, -0.05) is 0 Å². The summed E-state index contributed by atoms with van der Waals surface area (Å²) in [5, 5.41) is 2.62. The maximum absolute atomic E-state index is 13.1. The molecule has 0 radical (unpaired) electrons. The predicted octanol–water partition coefficient (Wildman–Crippen LogP) is 4.29. The zero-order valence-corrected chi connectivity index (χ0v) is 11.6. The molecule has 0 aliphatic heterocycles. The van der Waals surface area contributed by atoms with E-state index in [9.17, 15) is 13.6 Å². The van der Waals surface area contributed by atoms with Crippen LogP contribution in [0.2, 0.25) is 0 Å². The lowest BCUT2D eigenvalue weighted by atomic mass is 10.1. The summed E-state index contributed by atoms with van der Waals surface area (Å²) in [7, 11) is 0. The zero-order chi connectivity index (χ0) is 14.0. The van der Waals surface area contributed by atoms with Crippen LogP contribution in [0.1, 0.15) is 15.9 Å². The second kappa shape index (κ2) is 5.48. The Hall–Kier alpha value is -1.75. The molecule has 2 nitrogen and oxygen atoms in total. The molecule has 2 rings (SSSR count). The Labute approximate surface area is 117 Å². The highest BCUT2D eigenvalue weighted by Gasteiger charge is 2.12. The molecule has 0 aromatic heterocycles. The molecule has 19 heavy (non-hydrogen) atoms. The van der Waals surface area contributed by atoms with Gasteiger partial charge in [0.2, 0.25) is 0 Å². The van der Waals surface area contributed by atoms with Crippen molar-refractivity contribution in [2.45, 2.75) is 6.92 Å². The summed E-state index contributed by atoms with van der Waals surface area (Å²) >= 11 is 3.19. The summed E-state index contributed by atoms with van der Waals surface area (Å²) in [6.45, 7) is 1.68. The third-order valence-corrected chi connectivity index (χ3v) is 3.30. The first-order chi connectivity index (χ1) is 8.97. The number of amides is 1. The molecule has 1 amide bonds. The van der Waals surface area contributed by atoms with E-state index in [-0.39, 0.29) is 11.4 Å². The first-order valence-corrected chi connectivity index (χ1v) is 6.29. The van der Waals surface area contributed by atoms with E-state index >= 15 is 0 Å². The lowest BCUT2D eigenvalue weighted by Gasteiger charge is -2.09. The maximum Gasteiger partial charge on any atom is 0.256 e. The molecule has 0 atom stereocenters. The topological polar surface area (TPSA) is 29.1 Å². The Morgan fingerprint density at radius 3 is 2.42 bits per heavy atom. The third kappa shape index (κ3) is 3.17. The Bertz CT molecular complexity index is 643. The molecule has 0 unspecified atom stereocenters. The van der Waals surface area contributed by atoms with E-state index in [1.54, 1.807) is 6.92 Å². The highest BCUT2D eigenvalue weighted by Crippen LogP contribution is 2.21. The van der Waals surface area contributed by atoms with Gasteiger partial charge in [-0.25, -0.2) is 8.78 Å². The van der Waals surface area contributed by atoms with Crippen LogP contribution in [0.3, 0.4) is 0 Å². The maximum atomic E-state index is 13.1. The van der Waals surface area contributed by atoms with Gasteiger partial charge in [-0.2, -0.15) is 0 Å². The van der Waals surface area contributed by atoms with Gasteiger partial charge in [0.1, 0.15) is 11.6 Å². The van der Waals surface area contributed by atoms with Gasteiger partial charge < -0.3 is 5.32 Å². The Morgan fingerprint density at radius 2 is 1.74 bits per heavy atom. The molecular weight excluding hydrogens is 316 g/mol. The molecule has 98 valence electrons. The van der Waals surface area contributed by atoms with Crippen LogP contribution < -0.4 is 5.32 Å². The molecule has 0 heterocycles. The molecule has 0 bridgehead atoms. The minimum absolute atomic E-state index is 0.184. The van der Waals surface area contributed by atoms with E-state index in [0.29, 0.717) is 15.7 Å². The van der Waals surface area contributed by atoms with Gasteiger partial charge in [0, 0.05) is 10.2 Å². The Morgan fingerprint density at radius 1 is 1.11 bits per heavy atom. The van der Waals surface area contributed by atoms with E-state index in [2.05, 4.69) is 21.2 Å². The average molecular weight is 326 g/mol.